The Bertz CT molecular complexity index is 298. The van der Waals surface area contributed by atoms with Gasteiger partial charge in [-0.25, -0.2) is 0 Å². The van der Waals surface area contributed by atoms with Crippen molar-refractivity contribution in [3.05, 3.63) is 24.2 Å². The van der Waals surface area contributed by atoms with E-state index in [0.29, 0.717) is 5.75 Å². The van der Waals surface area contributed by atoms with Crippen LogP contribution < -0.4 is 5.32 Å². The molecular weight excluding hydrogens is 190 g/mol. The standard InChI is InChI=1S/C8H9NO3S/c10-8(11)6-4-13-7(9-6)5-1-2-12-3-5/h1-3,6-7,9H,4H2,(H,10,11)/t6-,7+/m1/s1. The molecule has 2 rings (SSSR count). The molecule has 5 heteroatoms. The minimum absolute atomic E-state index is 0.0554. The first-order valence-electron chi connectivity index (χ1n) is 3.90. The van der Waals surface area contributed by atoms with E-state index in [1.165, 1.54) is 0 Å². The van der Waals surface area contributed by atoms with Crippen molar-refractivity contribution in [1.82, 2.24) is 5.32 Å². The number of carbonyl (C=O) groups is 1. The van der Waals surface area contributed by atoms with Crippen LogP contribution in [0.4, 0.5) is 0 Å². The summed E-state index contributed by atoms with van der Waals surface area (Å²) in [6, 6.07) is 1.40. The van der Waals surface area contributed by atoms with E-state index in [9.17, 15) is 4.79 Å². The molecule has 1 saturated heterocycles. The van der Waals surface area contributed by atoms with Crippen molar-refractivity contribution in [2.24, 2.45) is 0 Å². The van der Waals surface area contributed by atoms with Crippen molar-refractivity contribution in [2.75, 3.05) is 5.75 Å². The maximum Gasteiger partial charge on any atom is 0.321 e. The first-order valence-corrected chi connectivity index (χ1v) is 4.95. The Morgan fingerprint density at radius 3 is 3.15 bits per heavy atom. The zero-order valence-electron chi connectivity index (χ0n) is 6.77. The van der Waals surface area contributed by atoms with E-state index in [4.69, 9.17) is 9.52 Å². The first kappa shape index (κ1) is 8.65. The molecule has 2 N–H and O–H groups in total. The highest BCUT2D eigenvalue weighted by Gasteiger charge is 2.30. The molecule has 4 nitrogen and oxygen atoms in total. The number of aliphatic carboxylic acids is 1. The Morgan fingerprint density at radius 1 is 1.77 bits per heavy atom. The van der Waals surface area contributed by atoms with Gasteiger partial charge in [-0.15, -0.1) is 11.8 Å². The molecule has 0 saturated carbocycles. The van der Waals surface area contributed by atoms with E-state index in [1.54, 1.807) is 24.3 Å². The summed E-state index contributed by atoms with van der Waals surface area (Å²) in [7, 11) is 0. The van der Waals surface area contributed by atoms with Gasteiger partial charge < -0.3 is 9.52 Å². The number of rotatable bonds is 2. The highest BCUT2D eigenvalue weighted by atomic mass is 32.2. The predicted molar refractivity (Wildman–Crippen MR) is 48.5 cm³/mol. The van der Waals surface area contributed by atoms with Crippen LogP contribution in [-0.2, 0) is 4.79 Å². The maximum absolute atomic E-state index is 10.6. The highest BCUT2D eigenvalue weighted by Crippen LogP contribution is 2.32. The lowest BCUT2D eigenvalue weighted by atomic mass is 10.3. The fraction of sp³-hybridized carbons (Fsp3) is 0.375. The Labute approximate surface area is 79.3 Å². The summed E-state index contributed by atoms with van der Waals surface area (Å²) in [6.07, 6.45) is 3.22. The third-order valence-corrected chi connectivity index (χ3v) is 3.19. The van der Waals surface area contributed by atoms with Crippen molar-refractivity contribution in [1.29, 1.82) is 0 Å². The highest BCUT2D eigenvalue weighted by molar-refractivity contribution is 7.99. The Morgan fingerprint density at radius 2 is 2.62 bits per heavy atom. The van der Waals surface area contributed by atoms with Gasteiger partial charge in [-0.2, -0.15) is 0 Å². The number of carboxylic acid groups (broad SMARTS) is 1. The topological polar surface area (TPSA) is 62.5 Å². The summed E-state index contributed by atoms with van der Waals surface area (Å²) in [6.45, 7) is 0. The smallest absolute Gasteiger partial charge is 0.321 e. The third-order valence-electron chi connectivity index (χ3n) is 1.93. The quantitative estimate of drug-likeness (QED) is 0.746. The maximum atomic E-state index is 10.6. The van der Waals surface area contributed by atoms with Crippen molar-refractivity contribution in [3.63, 3.8) is 0 Å². The molecule has 1 aromatic heterocycles. The lowest BCUT2D eigenvalue weighted by Gasteiger charge is -2.07. The van der Waals surface area contributed by atoms with Gasteiger partial charge in [-0.1, -0.05) is 0 Å². The van der Waals surface area contributed by atoms with Gasteiger partial charge in [0.05, 0.1) is 17.9 Å². The van der Waals surface area contributed by atoms with Gasteiger partial charge in [0.15, 0.2) is 0 Å². The molecule has 2 heterocycles. The summed E-state index contributed by atoms with van der Waals surface area (Å²) in [4.78, 5) is 10.6. The molecule has 1 aliphatic rings. The molecule has 2 atom stereocenters. The second kappa shape index (κ2) is 3.43. The molecular formula is C8H9NO3S. The van der Waals surface area contributed by atoms with Gasteiger partial charge in [-0.3, -0.25) is 10.1 Å². The summed E-state index contributed by atoms with van der Waals surface area (Å²) >= 11 is 1.58. The van der Waals surface area contributed by atoms with Crippen LogP contribution in [0, 0.1) is 0 Å². The minimum Gasteiger partial charge on any atom is -0.480 e. The summed E-state index contributed by atoms with van der Waals surface area (Å²) in [5.74, 6) is -0.191. The molecule has 0 spiro atoms. The average molecular weight is 199 g/mol. The fourth-order valence-corrected chi connectivity index (χ4v) is 2.44. The van der Waals surface area contributed by atoms with E-state index in [1.807, 2.05) is 6.07 Å². The van der Waals surface area contributed by atoms with Crippen LogP contribution in [0.15, 0.2) is 23.0 Å². The second-order valence-electron chi connectivity index (χ2n) is 2.83. The fourth-order valence-electron chi connectivity index (χ4n) is 1.23. The number of thioether (sulfide) groups is 1. The Balaban J connectivity index is 2.03. The number of hydrogen-bond acceptors (Lipinski definition) is 4. The lowest BCUT2D eigenvalue weighted by molar-refractivity contribution is -0.138. The molecule has 0 unspecified atom stereocenters. The van der Waals surface area contributed by atoms with Crippen LogP contribution in [0.3, 0.4) is 0 Å². The third kappa shape index (κ3) is 1.71. The molecule has 70 valence electrons. The molecule has 0 aliphatic carbocycles. The molecule has 1 aliphatic heterocycles. The molecule has 1 aromatic rings. The van der Waals surface area contributed by atoms with E-state index < -0.39 is 12.0 Å². The predicted octanol–water partition coefficient (Wildman–Crippen LogP) is 1.07. The van der Waals surface area contributed by atoms with Crippen LogP contribution >= 0.6 is 11.8 Å². The Hall–Kier alpha value is -0.940. The van der Waals surface area contributed by atoms with Gasteiger partial charge in [0.1, 0.15) is 6.04 Å². The molecule has 0 radical (unpaired) electrons. The van der Waals surface area contributed by atoms with Gasteiger partial charge in [0.25, 0.3) is 0 Å². The monoisotopic (exact) mass is 199 g/mol. The number of carboxylic acids is 1. The van der Waals surface area contributed by atoms with E-state index >= 15 is 0 Å². The van der Waals surface area contributed by atoms with Crippen molar-refractivity contribution in [2.45, 2.75) is 11.4 Å². The SMILES string of the molecule is O=C(O)[C@H]1CS[C@@H](c2ccoc2)N1. The van der Waals surface area contributed by atoms with Crippen LogP contribution in [0.5, 0.6) is 0 Å². The van der Waals surface area contributed by atoms with Crippen LogP contribution in [-0.4, -0.2) is 22.9 Å². The van der Waals surface area contributed by atoms with E-state index in [-0.39, 0.29) is 5.37 Å². The number of hydrogen-bond donors (Lipinski definition) is 2. The van der Waals surface area contributed by atoms with Gasteiger partial charge in [-0.05, 0) is 6.07 Å². The first-order chi connectivity index (χ1) is 6.27. The largest absolute Gasteiger partial charge is 0.480 e. The Kier molecular flexibility index (Phi) is 2.28. The van der Waals surface area contributed by atoms with E-state index in [0.717, 1.165) is 5.56 Å². The number of furan rings is 1. The molecule has 0 bridgehead atoms. The number of nitrogens with one attached hydrogen (secondary N) is 1. The van der Waals surface area contributed by atoms with Crippen molar-refractivity contribution in [3.8, 4) is 0 Å². The molecule has 1 fully saturated rings. The summed E-state index contributed by atoms with van der Waals surface area (Å²) in [5, 5.41) is 11.8. The van der Waals surface area contributed by atoms with Gasteiger partial charge in [0.2, 0.25) is 0 Å². The normalized spacial score (nSPS) is 27.7. The lowest BCUT2D eigenvalue weighted by Crippen LogP contribution is -2.33. The zero-order valence-corrected chi connectivity index (χ0v) is 7.58. The van der Waals surface area contributed by atoms with E-state index in [2.05, 4.69) is 5.32 Å². The van der Waals surface area contributed by atoms with Crippen LogP contribution in [0.1, 0.15) is 10.9 Å². The van der Waals surface area contributed by atoms with Gasteiger partial charge >= 0.3 is 5.97 Å². The van der Waals surface area contributed by atoms with Crippen molar-refractivity contribution < 1.29 is 14.3 Å². The average Bonchev–Trinajstić information content (AvgIpc) is 2.75. The van der Waals surface area contributed by atoms with Crippen molar-refractivity contribution >= 4 is 17.7 Å². The molecule has 13 heavy (non-hydrogen) atoms. The molecule has 0 aromatic carbocycles. The van der Waals surface area contributed by atoms with Crippen LogP contribution in [0.2, 0.25) is 0 Å². The van der Waals surface area contributed by atoms with Crippen LogP contribution in [0.25, 0.3) is 0 Å². The zero-order chi connectivity index (χ0) is 9.26. The van der Waals surface area contributed by atoms with Gasteiger partial charge in [0, 0.05) is 11.3 Å². The minimum atomic E-state index is -0.793. The second-order valence-corrected chi connectivity index (χ2v) is 3.97. The summed E-state index contributed by atoms with van der Waals surface area (Å²) in [5.41, 5.74) is 0.994. The summed E-state index contributed by atoms with van der Waals surface area (Å²) < 4.78 is 4.92. The molecule has 0 amide bonds.